The lowest BCUT2D eigenvalue weighted by Gasteiger charge is -2.06. The van der Waals surface area contributed by atoms with Crippen LogP contribution in [0.5, 0.6) is 0 Å². The molecule has 0 aliphatic heterocycles. The van der Waals surface area contributed by atoms with E-state index in [9.17, 15) is 8.42 Å². The number of ether oxygens (including phenoxy) is 1. The molecule has 0 spiro atoms. The van der Waals surface area contributed by atoms with Crippen LogP contribution in [-0.4, -0.2) is 40.8 Å². The van der Waals surface area contributed by atoms with Gasteiger partial charge in [0.1, 0.15) is 4.21 Å². The van der Waals surface area contributed by atoms with Crippen molar-refractivity contribution in [3.63, 3.8) is 0 Å². The van der Waals surface area contributed by atoms with Crippen molar-refractivity contribution in [3.8, 4) is 0 Å². The van der Waals surface area contributed by atoms with Crippen LogP contribution in [0.2, 0.25) is 0 Å². The highest BCUT2D eigenvalue weighted by Gasteiger charge is 2.16. The fourth-order valence-corrected chi connectivity index (χ4v) is 4.00. The Bertz CT molecular complexity index is 484. The first-order chi connectivity index (χ1) is 9.45. The second-order valence-corrected chi connectivity index (χ2v) is 7.84. The number of sulfonamides is 1. The molecule has 0 fully saturated rings. The normalized spacial score (nSPS) is 12.2. The Morgan fingerprint density at radius 3 is 2.70 bits per heavy atom. The van der Waals surface area contributed by atoms with Crippen LogP contribution in [0.4, 0.5) is 0 Å². The molecule has 1 aromatic rings. The Morgan fingerprint density at radius 2 is 2.05 bits per heavy atom. The summed E-state index contributed by atoms with van der Waals surface area (Å²) in [5.41, 5.74) is 0. The van der Waals surface area contributed by atoms with Gasteiger partial charge in [0, 0.05) is 30.6 Å². The van der Waals surface area contributed by atoms with Crippen LogP contribution >= 0.6 is 11.3 Å². The van der Waals surface area contributed by atoms with Gasteiger partial charge in [0.05, 0.1) is 6.61 Å². The molecule has 116 valence electrons. The van der Waals surface area contributed by atoms with Crippen molar-refractivity contribution in [2.75, 3.05) is 26.3 Å². The number of nitrogens with one attached hydrogen (secondary N) is 2. The monoisotopic (exact) mass is 320 g/mol. The summed E-state index contributed by atoms with van der Waals surface area (Å²) in [5, 5.41) is 3.32. The molecule has 0 aliphatic rings. The molecular weight excluding hydrogens is 296 g/mol. The molecule has 0 atom stereocenters. The van der Waals surface area contributed by atoms with Gasteiger partial charge in [0.15, 0.2) is 0 Å². The molecule has 7 heteroatoms. The van der Waals surface area contributed by atoms with E-state index < -0.39 is 10.0 Å². The lowest BCUT2D eigenvalue weighted by atomic mass is 10.3. The van der Waals surface area contributed by atoms with Crippen molar-refractivity contribution in [1.82, 2.24) is 10.0 Å². The van der Waals surface area contributed by atoms with Crippen LogP contribution in [0.3, 0.4) is 0 Å². The molecule has 0 saturated heterocycles. The second-order valence-electron chi connectivity index (χ2n) is 4.67. The van der Waals surface area contributed by atoms with Crippen LogP contribution in [0.15, 0.2) is 16.3 Å². The molecular formula is C13H24N2O3S2. The minimum Gasteiger partial charge on any atom is -0.380 e. The Labute approximate surface area is 125 Å². The summed E-state index contributed by atoms with van der Waals surface area (Å²) in [5.74, 6) is 0. The topological polar surface area (TPSA) is 67.4 Å². The molecule has 0 unspecified atom stereocenters. The SMILES string of the molecule is CCOCCNS(=O)(=O)c1ccc(CCNC(C)C)s1. The number of hydrogen-bond donors (Lipinski definition) is 2. The molecule has 1 heterocycles. The molecule has 0 amide bonds. The largest absolute Gasteiger partial charge is 0.380 e. The Hall–Kier alpha value is -0.470. The smallest absolute Gasteiger partial charge is 0.250 e. The zero-order valence-corrected chi connectivity index (χ0v) is 13.9. The second kappa shape index (κ2) is 8.74. The van der Waals surface area contributed by atoms with E-state index in [4.69, 9.17) is 4.74 Å². The fourth-order valence-electron chi connectivity index (χ4n) is 1.58. The maximum absolute atomic E-state index is 12.0. The van der Waals surface area contributed by atoms with E-state index in [0.29, 0.717) is 30.0 Å². The van der Waals surface area contributed by atoms with Crippen LogP contribution in [0, 0.1) is 0 Å². The van der Waals surface area contributed by atoms with E-state index in [2.05, 4.69) is 23.9 Å². The molecule has 5 nitrogen and oxygen atoms in total. The molecule has 1 aromatic heterocycles. The molecule has 1 rings (SSSR count). The van der Waals surface area contributed by atoms with Gasteiger partial charge in [-0.1, -0.05) is 13.8 Å². The minimum atomic E-state index is -3.39. The minimum absolute atomic E-state index is 0.304. The van der Waals surface area contributed by atoms with Crippen molar-refractivity contribution in [1.29, 1.82) is 0 Å². The van der Waals surface area contributed by atoms with Crippen LogP contribution in [-0.2, 0) is 21.2 Å². The number of hydrogen-bond acceptors (Lipinski definition) is 5. The van der Waals surface area contributed by atoms with Gasteiger partial charge in [0.2, 0.25) is 10.0 Å². The summed E-state index contributed by atoms with van der Waals surface area (Å²) >= 11 is 1.32. The van der Waals surface area contributed by atoms with Gasteiger partial charge in [-0.15, -0.1) is 11.3 Å². The number of rotatable bonds is 10. The van der Waals surface area contributed by atoms with Crippen molar-refractivity contribution in [2.45, 2.75) is 37.4 Å². The first-order valence-electron chi connectivity index (χ1n) is 6.85. The third kappa shape index (κ3) is 6.32. The molecule has 0 radical (unpaired) electrons. The van der Waals surface area contributed by atoms with Gasteiger partial charge in [-0.05, 0) is 25.5 Å². The molecule has 2 N–H and O–H groups in total. The first kappa shape index (κ1) is 17.6. The standard InChI is InChI=1S/C13H24N2O3S2/c1-4-18-10-9-15-20(16,17)13-6-5-12(19-13)7-8-14-11(2)3/h5-6,11,14-15H,4,7-10H2,1-3H3. The predicted octanol–water partition coefficient (Wildman–Crippen LogP) is 1.60. The molecule has 0 bridgehead atoms. The van der Waals surface area contributed by atoms with E-state index in [1.54, 1.807) is 6.07 Å². The highest BCUT2D eigenvalue weighted by molar-refractivity contribution is 7.91. The van der Waals surface area contributed by atoms with Gasteiger partial charge < -0.3 is 10.1 Å². The van der Waals surface area contributed by atoms with Crippen molar-refractivity contribution < 1.29 is 13.2 Å². The average molecular weight is 320 g/mol. The average Bonchev–Trinajstić information content (AvgIpc) is 2.84. The highest BCUT2D eigenvalue weighted by atomic mass is 32.2. The molecule has 0 aromatic carbocycles. The maximum Gasteiger partial charge on any atom is 0.250 e. The summed E-state index contributed by atoms with van der Waals surface area (Å²) in [6, 6.07) is 3.99. The van der Waals surface area contributed by atoms with Gasteiger partial charge >= 0.3 is 0 Å². The lowest BCUT2D eigenvalue weighted by Crippen LogP contribution is -2.26. The quantitative estimate of drug-likeness (QED) is 0.643. The molecule has 20 heavy (non-hydrogen) atoms. The van der Waals surface area contributed by atoms with Gasteiger partial charge in [-0.2, -0.15) is 0 Å². The summed E-state index contributed by atoms with van der Waals surface area (Å²) in [4.78, 5) is 1.07. The fraction of sp³-hybridized carbons (Fsp3) is 0.692. The maximum atomic E-state index is 12.0. The Morgan fingerprint density at radius 1 is 1.30 bits per heavy atom. The zero-order valence-electron chi connectivity index (χ0n) is 12.3. The molecule has 0 aliphatic carbocycles. The van der Waals surface area contributed by atoms with Gasteiger partial charge in [-0.3, -0.25) is 0 Å². The lowest BCUT2D eigenvalue weighted by molar-refractivity contribution is 0.153. The number of thiophene rings is 1. The predicted molar refractivity (Wildman–Crippen MR) is 82.8 cm³/mol. The van der Waals surface area contributed by atoms with E-state index in [1.165, 1.54) is 11.3 Å². The van der Waals surface area contributed by atoms with Gasteiger partial charge in [-0.25, -0.2) is 13.1 Å². The molecule has 0 saturated carbocycles. The van der Waals surface area contributed by atoms with Crippen LogP contribution in [0.1, 0.15) is 25.6 Å². The van der Waals surface area contributed by atoms with Crippen LogP contribution < -0.4 is 10.0 Å². The highest BCUT2D eigenvalue weighted by Crippen LogP contribution is 2.21. The van der Waals surface area contributed by atoms with Crippen molar-refractivity contribution in [3.05, 3.63) is 17.0 Å². The van der Waals surface area contributed by atoms with Crippen LogP contribution in [0.25, 0.3) is 0 Å². The Balaban J connectivity index is 2.48. The van der Waals surface area contributed by atoms with E-state index >= 15 is 0 Å². The van der Waals surface area contributed by atoms with Crippen molar-refractivity contribution >= 4 is 21.4 Å². The van der Waals surface area contributed by atoms with E-state index in [1.807, 2.05) is 13.0 Å². The van der Waals surface area contributed by atoms with E-state index in [0.717, 1.165) is 17.8 Å². The zero-order chi connectivity index (χ0) is 15.0. The third-order valence-electron chi connectivity index (χ3n) is 2.57. The third-order valence-corrected chi connectivity index (χ3v) is 5.67. The van der Waals surface area contributed by atoms with Crippen molar-refractivity contribution in [2.24, 2.45) is 0 Å². The first-order valence-corrected chi connectivity index (χ1v) is 9.15. The van der Waals surface area contributed by atoms with E-state index in [-0.39, 0.29) is 0 Å². The Kier molecular flexibility index (Phi) is 7.68. The summed E-state index contributed by atoms with van der Waals surface area (Å²) in [6.45, 7) is 8.21. The van der Waals surface area contributed by atoms with Gasteiger partial charge in [0.25, 0.3) is 0 Å². The summed E-state index contributed by atoms with van der Waals surface area (Å²) in [6.07, 6.45) is 0.845. The summed E-state index contributed by atoms with van der Waals surface area (Å²) < 4.78 is 32.1. The summed E-state index contributed by atoms with van der Waals surface area (Å²) in [7, 11) is -3.39.